The topological polar surface area (TPSA) is 133 Å². The van der Waals surface area contributed by atoms with Gasteiger partial charge < -0.3 is 11.1 Å². The highest BCUT2D eigenvalue weighted by molar-refractivity contribution is 7.21. The molecule has 1 fully saturated rings. The van der Waals surface area contributed by atoms with Gasteiger partial charge in [0, 0.05) is 41.9 Å². The van der Waals surface area contributed by atoms with Crippen molar-refractivity contribution in [2.75, 3.05) is 5.32 Å². The van der Waals surface area contributed by atoms with Crippen molar-refractivity contribution < 1.29 is 31.5 Å². The van der Waals surface area contributed by atoms with E-state index in [-0.39, 0.29) is 43.6 Å². The van der Waals surface area contributed by atoms with Gasteiger partial charge in [-0.2, -0.15) is 23.4 Å². The molecule has 5 aromatic rings. The minimum Gasteiger partial charge on any atom is -0.365 e. The molecule has 0 aliphatic heterocycles. The van der Waals surface area contributed by atoms with Crippen molar-refractivity contribution in [2.45, 2.75) is 38.3 Å². The summed E-state index contributed by atoms with van der Waals surface area (Å²) in [5, 5.41) is 10.8. The SMILES string of the molecule is Cc1nn(C)cc1-c1cc(C(F)F)nc2sc(C(N)=O)c(NC(=O)c3cc4nc(C5CC5)cc(C(F)(F)F)n4n3)c12. The summed E-state index contributed by atoms with van der Waals surface area (Å²) in [6.45, 7) is 1.65. The maximum atomic E-state index is 13.8. The predicted octanol–water partition coefficient (Wildman–Crippen LogP) is 5.23. The molecule has 5 heterocycles. The van der Waals surface area contributed by atoms with Gasteiger partial charge >= 0.3 is 6.18 Å². The Balaban J connectivity index is 1.51. The first kappa shape index (κ1) is 26.7. The van der Waals surface area contributed by atoms with E-state index in [1.807, 2.05) is 0 Å². The lowest BCUT2D eigenvalue weighted by Gasteiger charge is -2.10. The Bertz CT molecular complexity index is 1890. The van der Waals surface area contributed by atoms with Crippen molar-refractivity contribution >= 4 is 44.7 Å². The molecule has 1 saturated carbocycles. The summed E-state index contributed by atoms with van der Waals surface area (Å²) in [6, 6.07) is 3.16. The molecule has 0 aromatic carbocycles. The second-order valence-electron chi connectivity index (χ2n) is 9.64. The van der Waals surface area contributed by atoms with Crippen molar-refractivity contribution in [1.82, 2.24) is 29.4 Å². The van der Waals surface area contributed by atoms with Gasteiger partial charge in [-0.3, -0.25) is 14.3 Å². The van der Waals surface area contributed by atoms with Crippen molar-refractivity contribution in [3.05, 3.63) is 57.7 Å². The van der Waals surface area contributed by atoms with E-state index in [1.54, 1.807) is 20.2 Å². The number of thiophene rings is 1. The molecule has 5 aromatic heterocycles. The molecule has 1 aliphatic rings. The number of carbonyl (C=O) groups excluding carboxylic acids is 2. The first-order chi connectivity index (χ1) is 19.3. The summed E-state index contributed by atoms with van der Waals surface area (Å²) in [7, 11) is 1.63. The second kappa shape index (κ2) is 9.29. The molecule has 3 N–H and O–H groups in total. The van der Waals surface area contributed by atoms with Crippen LogP contribution in [0, 0.1) is 6.92 Å². The smallest absolute Gasteiger partial charge is 0.365 e. The summed E-state index contributed by atoms with van der Waals surface area (Å²) >= 11 is 0.698. The fraction of sp³-hybridized carbons (Fsp3) is 0.280. The molecule has 0 radical (unpaired) electrons. The van der Waals surface area contributed by atoms with E-state index in [0.29, 0.717) is 40.0 Å². The summed E-state index contributed by atoms with van der Waals surface area (Å²) in [5.41, 5.74) is 4.57. The third kappa shape index (κ3) is 4.67. The van der Waals surface area contributed by atoms with E-state index >= 15 is 0 Å². The summed E-state index contributed by atoms with van der Waals surface area (Å²) in [4.78, 5) is 33.8. The molecule has 212 valence electrons. The van der Waals surface area contributed by atoms with Gasteiger partial charge in [0.15, 0.2) is 11.3 Å². The lowest BCUT2D eigenvalue weighted by atomic mass is 10.0. The van der Waals surface area contributed by atoms with Gasteiger partial charge in [0.1, 0.15) is 21.1 Å². The number of fused-ring (bicyclic) bond motifs is 2. The number of hydrogen-bond donors (Lipinski definition) is 2. The van der Waals surface area contributed by atoms with Crippen LogP contribution in [0.1, 0.15) is 68.1 Å². The van der Waals surface area contributed by atoms with Crippen molar-refractivity contribution in [1.29, 1.82) is 0 Å². The molecule has 6 rings (SSSR count). The second-order valence-corrected chi connectivity index (χ2v) is 10.6. The molecular weight excluding hydrogens is 571 g/mol. The predicted molar refractivity (Wildman–Crippen MR) is 138 cm³/mol. The average Bonchev–Trinajstić information content (AvgIpc) is 3.41. The molecule has 0 spiro atoms. The number of halogens is 5. The Morgan fingerprint density at radius 2 is 1.85 bits per heavy atom. The number of amides is 2. The number of anilines is 1. The van der Waals surface area contributed by atoms with Gasteiger partial charge in [0.2, 0.25) is 0 Å². The summed E-state index contributed by atoms with van der Waals surface area (Å²) in [6.07, 6.45) is -4.71. The number of nitrogens with one attached hydrogen (secondary N) is 1. The van der Waals surface area contributed by atoms with Crippen LogP contribution < -0.4 is 11.1 Å². The number of carbonyl (C=O) groups is 2. The molecule has 0 unspecified atom stereocenters. The molecule has 1 aliphatic carbocycles. The van der Waals surface area contributed by atoms with E-state index in [0.717, 1.165) is 18.2 Å². The Kier molecular flexibility index (Phi) is 6.06. The molecule has 10 nitrogen and oxygen atoms in total. The van der Waals surface area contributed by atoms with E-state index in [4.69, 9.17) is 5.73 Å². The first-order valence-corrected chi connectivity index (χ1v) is 13.0. The molecule has 41 heavy (non-hydrogen) atoms. The van der Waals surface area contributed by atoms with Crippen LogP contribution in [0.5, 0.6) is 0 Å². The Morgan fingerprint density at radius 3 is 2.44 bits per heavy atom. The van der Waals surface area contributed by atoms with Crippen LogP contribution in [-0.2, 0) is 13.2 Å². The van der Waals surface area contributed by atoms with Gasteiger partial charge in [0.25, 0.3) is 18.2 Å². The number of aromatic nitrogens is 6. The van der Waals surface area contributed by atoms with Crippen molar-refractivity contribution in [2.24, 2.45) is 12.8 Å². The number of hydrogen-bond acceptors (Lipinski definition) is 7. The lowest BCUT2D eigenvalue weighted by Crippen LogP contribution is -2.18. The van der Waals surface area contributed by atoms with Gasteiger partial charge in [-0.05, 0) is 37.5 Å². The van der Waals surface area contributed by atoms with E-state index in [2.05, 4.69) is 25.5 Å². The highest BCUT2D eigenvalue weighted by Gasteiger charge is 2.38. The molecular formula is C25H19F5N8O2S. The molecule has 0 saturated heterocycles. The fourth-order valence-corrected chi connectivity index (χ4v) is 5.69. The van der Waals surface area contributed by atoms with Crippen LogP contribution in [0.25, 0.3) is 27.0 Å². The van der Waals surface area contributed by atoms with Gasteiger partial charge in [-0.15, -0.1) is 11.3 Å². The lowest BCUT2D eigenvalue weighted by molar-refractivity contribution is -0.142. The zero-order valence-corrected chi connectivity index (χ0v) is 22.1. The maximum absolute atomic E-state index is 13.8. The fourth-order valence-electron chi connectivity index (χ4n) is 4.67. The highest BCUT2D eigenvalue weighted by Crippen LogP contribution is 2.44. The number of primary amides is 1. The normalized spacial score (nSPS) is 14.0. The largest absolute Gasteiger partial charge is 0.433 e. The van der Waals surface area contributed by atoms with Crippen molar-refractivity contribution in [3.8, 4) is 11.1 Å². The Morgan fingerprint density at radius 1 is 1.12 bits per heavy atom. The maximum Gasteiger partial charge on any atom is 0.433 e. The zero-order chi connectivity index (χ0) is 29.4. The zero-order valence-electron chi connectivity index (χ0n) is 21.3. The highest BCUT2D eigenvalue weighted by atomic mass is 32.1. The number of rotatable bonds is 6. The minimum atomic E-state index is -4.77. The number of nitrogens with zero attached hydrogens (tertiary/aromatic N) is 6. The van der Waals surface area contributed by atoms with Crippen molar-refractivity contribution in [3.63, 3.8) is 0 Å². The summed E-state index contributed by atoms with van der Waals surface area (Å²) < 4.78 is 71.0. The van der Waals surface area contributed by atoms with E-state index in [1.165, 1.54) is 4.68 Å². The van der Waals surface area contributed by atoms with Crippen LogP contribution >= 0.6 is 11.3 Å². The molecule has 2 amide bonds. The average molecular weight is 591 g/mol. The van der Waals surface area contributed by atoms with Crippen LogP contribution in [-0.4, -0.2) is 41.2 Å². The quantitative estimate of drug-likeness (QED) is 0.260. The summed E-state index contributed by atoms with van der Waals surface area (Å²) in [5.74, 6) is -2.03. The van der Waals surface area contributed by atoms with E-state index < -0.39 is 41.5 Å². The Labute approximate surface area is 231 Å². The van der Waals surface area contributed by atoms with Gasteiger partial charge in [0.05, 0.1) is 11.4 Å². The number of alkyl halides is 5. The van der Waals surface area contributed by atoms with Gasteiger partial charge in [-0.25, -0.2) is 23.3 Å². The Hall–Kier alpha value is -4.47. The number of nitrogens with two attached hydrogens (primary N) is 1. The third-order valence-corrected chi connectivity index (χ3v) is 7.74. The van der Waals surface area contributed by atoms with Crippen LogP contribution in [0.3, 0.4) is 0 Å². The standard InChI is InChI=1S/C25H19F5N8O2S/c1-9-12(8-37(2)35-9)11-5-14(21(26)27)33-24-18(11)19(20(41-24)22(31)39)34-23(40)15-7-17-32-13(10-3-4-10)6-16(25(28,29)30)38(17)36-15/h5-8,10,21H,3-4H2,1-2H3,(H2,31,39)(H,34,40). The first-order valence-electron chi connectivity index (χ1n) is 12.2. The van der Waals surface area contributed by atoms with Gasteiger partial charge in [-0.1, -0.05) is 0 Å². The van der Waals surface area contributed by atoms with E-state index in [9.17, 15) is 31.5 Å². The van der Waals surface area contributed by atoms with Crippen LogP contribution in [0.15, 0.2) is 24.4 Å². The van der Waals surface area contributed by atoms with Crippen LogP contribution in [0.2, 0.25) is 0 Å². The third-order valence-electron chi connectivity index (χ3n) is 6.64. The monoisotopic (exact) mass is 590 g/mol. The number of pyridine rings is 1. The molecule has 0 bridgehead atoms. The number of aryl methyl sites for hydroxylation is 2. The molecule has 16 heteroatoms. The molecule has 0 atom stereocenters. The van der Waals surface area contributed by atoms with Crippen LogP contribution in [0.4, 0.5) is 27.6 Å². The minimum absolute atomic E-state index is 0.00439.